The molecule has 0 spiro atoms. The van der Waals surface area contributed by atoms with Gasteiger partial charge in [0.1, 0.15) is 18.6 Å². The molecule has 1 saturated heterocycles. The topological polar surface area (TPSA) is 130 Å². The summed E-state index contributed by atoms with van der Waals surface area (Å²) >= 11 is 0. The highest BCUT2D eigenvalue weighted by molar-refractivity contribution is 5.93. The van der Waals surface area contributed by atoms with Gasteiger partial charge in [-0.2, -0.15) is 0 Å². The van der Waals surface area contributed by atoms with Crippen molar-refractivity contribution in [1.82, 2.24) is 25.2 Å². The van der Waals surface area contributed by atoms with Crippen LogP contribution in [0, 0.1) is 0 Å². The number of hydrogen-bond donors (Lipinski definition) is 2. The number of carbonyl (C=O) groups is 1. The molecular formula is C22H20N6O4. The fourth-order valence-corrected chi connectivity index (χ4v) is 3.79. The van der Waals surface area contributed by atoms with Crippen LogP contribution in [0.5, 0.6) is 0 Å². The van der Waals surface area contributed by atoms with E-state index in [-0.39, 0.29) is 18.6 Å². The summed E-state index contributed by atoms with van der Waals surface area (Å²) in [4.78, 5) is 23.2. The number of aliphatic hydroxyl groups is 1. The minimum absolute atomic E-state index is 0.00226. The Morgan fingerprint density at radius 2 is 2.12 bits per heavy atom. The Bertz CT molecular complexity index is 1210. The second kappa shape index (κ2) is 8.60. The fraction of sp³-hybridized carbons (Fsp3) is 0.227. The maximum Gasteiger partial charge on any atom is 0.258 e. The first-order valence-corrected chi connectivity index (χ1v) is 10.2. The molecule has 32 heavy (non-hydrogen) atoms. The highest BCUT2D eigenvalue weighted by atomic mass is 16.5. The molecule has 0 bridgehead atoms. The van der Waals surface area contributed by atoms with Gasteiger partial charge in [-0.25, -0.2) is 9.97 Å². The first-order chi connectivity index (χ1) is 15.7. The molecule has 4 aromatic rings. The number of hydrogen-bond acceptors (Lipinski definition) is 9. The van der Waals surface area contributed by atoms with Crippen molar-refractivity contribution < 1.29 is 18.9 Å². The van der Waals surface area contributed by atoms with Gasteiger partial charge in [-0.1, -0.05) is 40.6 Å². The lowest BCUT2D eigenvalue weighted by Gasteiger charge is -2.16. The number of aliphatic hydroxyl groups excluding tert-OH is 1. The van der Waals surface area contributed by atoms with E-state index < -0.39 is 0 Å². The quantitative estimate of drug-likeness (QED) is 0.472. The molecule has 0 unspecified atom stereocenters. The smallest absolute Gasteiger partial charge is 0.258 e. The van der Waals surface area contributed by atoms with E-state index in [0.29, 0.717) is 47.3 Å². The lowest BCUT2D eigenvalue weighted by molar-refractivity contribution is 0.0791. The van der Waals surface area contributed by atoms with Gasteiger partial charge in [0.2, 0.25) is 5.95 Å². The van der Waals surface area contributed by atoms with E-state index in [1.54, 1.807) is 17.2 Å². The summed E-state index contributed by atoms with van der Waals surface area (Å²) in [5.41, 5.74) is 3.10. The van der Waals surface area contributed by atoms with Crippen LogP contribution >= 0.6 is 0 Å². The molecule has 5 rings (SSSR count). The van der Waals surface area contributed by atoms with Crippen LogP contribution in [-0.4, -0.2) is 55.3 Å². The number of amides is 1. The van der Waals surface area contributed by atoms with Crippen LogP contribution in [0.25, 0.3) is 22.5 Å². The summed E-state index contributed by atoms with van der Waals surface area (Å²) < 4.78 is 10.1. The standard InChI is InChI=1S/C22H20N6O4/c29-12-18-19(20(27-32-18)14-4-2-1-3-5-14)17-6-8-23-22(26-17)25-16-7-9-28(11-16)21(30)15-10-24-31-13-15/h1-6,8,10,13,16,29H,7,9,11-12H2,(H,23,25,26)/t16-/m1/s1. The predicted octanol–water partition coefficient (Wildman–Crippen LogP) is 2.61. The van der Waals surface area contributed by atoms with E-state index in [2.05, 4.69) is 25.6 Å². The van der Waals surface area contributed by atoms with E-state index in [1.807, 2.05) is 30.3 Å². The third-order valence-corrected chi connectivity index (χ3v) is 5.35. The summed E-state index contributed by atoms with van der Waals surface area (Å²) in [6.45, 7) is 0.826. The molecule has 2 N–H and O–H groups in total. The van der Waals surface area contributed by atoms with Crippen LogP contribution in [0.4, 0.5) is 5.95 Å². The Morgan fingerprint density at radius 1 is 1.25 bits per heavy atom. The fourth-order valence-electron chi connectivity index (χ4n) is 3.79. The van der Waals surface area contributed by atoms with Crippen molar-refractivity contribution in [2.24, 2.45) is 0 Å². The number of rotatable bonds is 6. The highest BCUT2D eigenvalue weighted by Crippen LogP contribution is 2.34. The molecule has 1 aliphatic heterocycles. The van der Waals surface area contributed by atoms with E-state index in [0.717, 1.165) is 12.0 Å². The van der Waals surface area contributed by atoms with E-state index in [1.165, 1.54) is 12.5 Å². The van der Waals surface area contributed by atoms with Crippen molar-refractivity contribution in [1.29, 1.82) is 0 Å². The largest absolute Gasteiger partial charge is 0.388 e. The maximum absolute atomic E-state index is 12.5. The van der Waals surface area contributed by atoms with Gasteiger partial charge >= 0.3 is 0 Å². The van der Waals surface area contributed by atoms with Crippen molar-refractivity contribution in [3.8, 4) is 22.5 Å². The molecule has 10 nitrogen and oxygen atoms in total. The third-order valence-electron chi connectivity index (χ3n) is 5.35. The van der Waals surface area contributed by atoms with E-state index in [9.17, 15) is 9.90 Å². The molecule has 3 aromatic heterocycles. The van der Waals surface area contributed by atoms with Crippen LogP contribution in [0.15, 0.2) is 64.1 Å². The van der Waals surface area contributed by atoms with E-state index >= 15 is 0 Å². The molecule has 1 atom stereocenters. The Morgan fingerprint density at radius 3 is 2.91 bits per heavy atom. The Balaban J connectivity index is 1.36. The third kappa shape index (κ3) is 3.83. The van der Waals surface area contributed by atoms with Gasteiger partial charge in [0.05, 0.1) is 23.0 Å². The zero-order valence-electron chi connectivity index (χ0n) is 17.0. The number of nitrogens with one attached hydrogen (secondary N) is 1. The van der Waals surface area contributed by atoms with E-state index in [4.69, 9.17) is 9.05 Å². The number of aromatic nitrogens is 4. The summed E-state index contributed by atoms with van der Waals surface area (Å²) in [5.74, 6) is 0.644. The number of benzene rings is 1. The van der Waals surface area contributed by atoms with Gasteiger partial charge in [0.25, 0.3) is 5.91 Å². The summed E-state index contributed by atoms with van der Waals surface area (Å²) in [6.07, 6.45) is 5.16. The zero-order chi connectivity index (χ0) is 21.9. The van der Waals surface area contributed by atoms with Gasteiger partial charge < -0.3 is 24.4 Å². The number of anilines is 1. The highest BCUT2D eigenvalue weighted by Gasteiger charge is 2.28. The second-order valence-electron chi connectivity index (χ2n) is 7.41. The van der Waals surface area contributed by atoms with Gasteiger partial charge in [0, 0.05) is 30.9 Å². The number of nitrogens with zero attached hydrogens (tertiary/aromatic N) is 5. The molecular weight excluding hydrogens is 412 g/mol. The van der Waals surface area contributed by atoms with Crippen LogP contribution in [-0.2, 0) is 6.61 Å². The molecule has 0 saturated carbocycles. The molecule has 0 radical (unpaired) electrons. The van der Waals surface area contributed by atoms with Gasteiger partial charge in [0.15, 0.2) is 5.76 Å². The molecule has 1 aromatic carbocycles. The predicted molar refractivity (Wildman–Crippen MR) is 113 cm³/mol. The minimum atomic E-state index is -0.301. The van der Waals surface area contributed by atoms with Gasteiger partial charge in [-0.3, -0.25) is 4.79 Å². The monoisotopic (exact) mass is 432 g/mol. The summed E-state index contributed by atoms with van der Waals surface area (Å²) in [5, 5.41) is 20.8. The Hall–Kier alpha value is -4.05. The minimum Gasteiger partial charge on any atom is -0.388 e. The first-order valence-electron chi connectivity index (χ1n) is 10.2. The number of likely N-dealkylation sites (tertiary alicyclic amines) is 1. The lowest BCUT2D eigenvalue weighted by atomic mass is 10.0. The van der Waals surface area contributed by atoms with Crippen LogP contribution in [0.2, 0.25) is 0 Å². The van der Waals surface area contributed by atoms with Crippen molar-refractivity contribution in [2.45, 2.75) is 19.1 Å². The first kappa shape index (κ1) is 19.9. The molecule has 162 valence electrons. The average Bonchev–Trinajstić information content (AvgIpc) is 3.60. The molecule has 0 aliphatic carbocycles. The zero-order valence-corrected chi connectivity index (χ0v) is 17.0. The molecule has 4 heterocycles. The maximum atomic E-state index is 12.5. The average molecular weight is 432 g/mol. The second-order valence-corrected chi connectivity index (χ2v) is 7.41. The van der Waals surface area contributed by atoms with Crippen molar-refractivity contribution in [3.05, 3.63) is 66.4 Å². The molecule has 10 heteroatoms. The molecule has 1 aliphatic rings. The summed E-state index contributed by atoms with van der Waals surface area (Å²) in [7, 11) is 0. The van der Waals surface area contributed by atoms with Gasteiger partial charge in [-0.05, 0) is 12.5 Å². The van der Waals surface area contributed by atoms with Crippen molar-refractivity contribution in [2.75, 3.05) is 18.4 Å². The van der Waals surface area contributed by atoms with Crippen molar-refractivity contribution >= 4 is 11.9 Å². The van der Waals surface area contributed by atoms with Crippen molar-refractivity contribution in [3.63, 3.8) is 0 Å². The normalized spacial score (nSPS) is 15.8. The molecule has 1 amide bonds. The van der Waals surface area contributed by atoms with Crippen LogP contribution < -0.4 is 5.32 Å². The Labute approximate surface area is 182 Å². The summed E-state index contributed by atoms with van der Waals surface area (Å²) in [6, 6.07) is 11.3. The lowest BCUT2D eigenvalue weighted by Crippen LogP contribution is -2.31. The number of carbonyl (C=O) groups excluding carboxylic acids is 1. The van der Waals surface area contributed by atoms with Crippen LogP contribution in [0.1, 0.15) is 22.5 Å². The van der Waals surface area contributed by atoms with Gasteiger partial charge in [-0.15, -0.1) is 0 Å². The molecule has 1 fully saturated rings. The Kier molecular flexibility index (Phi) is 5.34. The van der Waals surface area contributed by atoms with Crippen LogP contribution in [0.3, 0.4) is 0 Å². The SMILES string of the molecule is O=C(c1cnoc1)N1CC[C@@H](Nc2nccc(-c3c(-c4ccccc4)noc3CO)n2)C1.